The maximum absolute atomic E-state index is 13.8. The Labute approximate surface area is 115 Å². The Morgan fingerprint density at radius 3 is 3.05 bits per heavy atom. The van der Waals surface area contributed by atoms with Crippen LogP contribution in [0.2, 0.25) is 5.02 Å². The van der Waals surface area contributed by atoms with E-state index < -0.39 is 0 Å². The van der Waals surface area contributed by atoms with Gasteiger partial charge in [0.25, 0.3) is 0 Å². The van der Waals surface area contributed by atoms with Crippen LogP contribution in [-0.4, -0.2) is 20.8 Å². The first-order valence-corrected chi connectivity index (χ1v) is 6.65. The van der Waals surface area contributed by atoms with E-state index in [1.165, 1.54) is 25.2 Å². The molecule has 1 aliphatic carbocycles. The molecule has 3 rings (SSSR count). The summed E-state index contributed by atoms with van der Waals surface area (Å²) in [6.07, 6.45) is 3.93. The number of benzene rings is 1. The second-order valence-corrected chi connectivity index (χ2v) is 5.11. The first-order valence-electron chi connectivity index (χ1n) is 6.27. The van der Waals surface area contributed by atoms with Crippen LogP contribution < -0.4 is 5.32 Å². The van der Waals surface area contributed by atoms with Crippen molar-refractivity contribution in [2.24, 2.45) is 0 Å². The lowest BCUT2D eigenvalue weighted by molar-refractivity contribution is 0.555. The number of aromatic nitrogens is 3. The van der Waals surface area contributed by atoms with E-state index >= 15 is 0 Å². The van der Waals surface area contributed by atoms with Crippen molar-refractivity contribution in [1.82, 2.24) is 20.1 Å². The zero-order valence-electron chi connectivity index (χ0n) is 10.3. The summed E-state index contributed by atoms with van der Waals surface area (Å²) in [7, 11) is 0. The van der Waals surface area contributed by atoms with Gasteiger partial charge in [-0.3, -0.25) is 0 Å². The first kappa shape index (κ1) is 12.6. The van der Waals surface area contributed by atoms with Gasteiger partial charge in [-0.1, -0.05) is 23.7 Å². The number of nitrogens with one attached hydrogen (secondary N) is 1. The van der Waals surface area contributed by atoms with Gasteiger partial charge in [0.1, 0.15) is 18.0 Å². The quantitative estimate of drug-likeness (QED) is 0.914. The third-order valence-electron chi connectivity index (χ3n) is 3.17. The van der Waals surface area contributed by atoms with Crippen molar-refractivity contribution in [3.63, 3.8) is 0 Å². The lowest BCUT2D eigenvalue weighted by Gasteiger charge is -2.08. The highest BCUT2D eigenvalue weighted by Gasteiger charge is 2.21. The van der Waals surface area contributed by atoms with Crippen LogP contribution in [0.3, 0.4) is 0 Å². The van der Waals surface area contributed by atoms with E-state index in [1.807, 2.05) is 0 Å². The molecule has 1 N–H and O–H groups in total. The zero-order valence-corrected chi connectivity index (χ0v) is 11.1. The molecule has 1 aromatic heterocycles. The SMILES string of the molecule is Fc1c(Cl)cccc1Cn1ncnc1CNC1CC1. The Morgan fingerprint density at radius 1 is 1.42 bits per heavy atom. The number of nitrogens with zero attached hydrogens (tertiary/aromatic N) is 3. The molecular weight excluding hydrogens is 267 g/mol. The van der Waals surface area contributed by atoms with Crippen LogP contribution in [-0.2, 0) is 13.1 Å². The molecule has 1 heterocycles. The van der Waals surface area contributed by atoms with Crippen molar-refractivity contribution in [2.45, 2.75) is 32.0 Å². The molecule has 0 radical (unpaired) electrons. The van der Waals surface area contributed by atoms with E-state index in [4.69, 9.17) is 11.6 Å². The van der Waals surface area contributed by atoms with Gasteiger partial charge in [-0.15, -0.1) is 0 Å². The molecule has 0 atom stereocenters. The molecule has 0 saturated heterocycles. The summed E-state index contributed by atoms with van der Waals surface area (Å²) in [6.45, 7) is 1.00. The van der Waals surface area contributed by atoms with Crippen LogP contribution >= 0.6 is 11.6 Å². The minimum Gasteiger partial charge on any atom is -0.307 e. The normalized spacial score (nSPS) is 14.8. The lowest BCUT2D eigenvalue weighted by Crippen LogP contribution is -2.20. The molecule has 1 saturated carbocycles. The van der Waals surface area contributed by atoms with Gasteiger partial charge in [0, 0.05) is 11.6 Å². The lowest BCUT2D eigenvalue weighted by atomic mass is 10.2. The summed E-state index contributed by atoms with van der Waals surface area (Å²) in [5.41, 5.74) is 0.519. The molecule has 19 heavy (non-hydrogen) atoms. The topological polar surface area (TPSA) is 42.7 Å². The number of halogens is 2. The van der Waals surface area contributed by atoms with Crippen molar-refractivity contribution in [2.75, 3.05) is 0 Å². The fourth-order valence-corrected chi connectivity index (χ4v) is 2.11. The monoisotopic (exact) mass is 280 g/mol. The van der Waals surface area contributed by atoms with Gasteiger partial charge in [0.2, 0.25) is 0 Å². The summed E-state index contributed by atoms with van der Waals surface area (Å²) >= 11 is 5.77. The van der Waals surface area contributed by atoms with Gasteiger partial charge in [0.05, 0.1) is 18.1 Å². The highest BCUT2D eigenvalue weighted by molar-refractivity contribution is 6.30. The number of rotatable bonds is 5. The molecule has 1 aliphatic rings. The van der Waals surface area contributed by atoms with Crippen LogP contribution in [0.4, 0.5) is 4.39 Å². The molecule has 100 valence electrons. The highest BCUT2D eigenvalue weighted by Crippen LogP contribution is 2.20. The molecule has 0 unspecified atom stereocenters. The van der Waals surface area contributed by atoms with Crippen molar-refractivity contribution in [1.29, 1.82) is 0 Å². The Kier molecular flexibility index (Phi) is 3.48. The third kappa shape index (κ3) is 2.93. The number of hydrogen-bond acceptors (Lipinski definition) is 3. The van der Waals surface area contributed by atoms with Gasteiger partial charge in [-0.25, -0.2) is 14.1 Å². The smallest absolute Gasteiger partial charge is 0.146 e. The standard InChI is InChI=1S/C13H14ClFN4/c14-11-3-1-2-9(13(11)15)7-19-12(17-8-18-19)6-16-10-4-5-10/h1-3,8,10,16H,4-7H2. The van der Waals surface area contributed by atoms with Crippen molar-refractivity contribution >= 4 is 11.6 Å². The highest BCUT2D eigenvalue weighted by atomic mass is 35.5. The third-order valence-corrected chi connectivity index (χ3v) is 3.47. The summed E-state index contributed by atoms with van der Waals surface area (Å²) in [5, 5.41) is 7.64. The van der Waals surface area contributed by atoms with Crippen molar-refractivity contribution < 1.29 is 4.39 Å². The molecule has 1 aromatic carbocycles. The fourth-order valence-electron chi connectivity index (χ4n) is 1.91. The van der Waals surface area contributed by atoms with Crippen LogP contribution in [0, 0.1) is 5.82 Å². The zero-order chi connectivity index (χ0) is 13.2. The average Bonchev–Trinajstić information content (AvgIpc) is 3.13. The van der Waals surface area contributed by atoms with E-state index in [0.717, 1.165) is 5.82 Å². The van der Waals surface area contributed by atoms with Crippen molar-refractivity contribution in [3.8, 4) is 0 Å². The van der Waals surface area contributed by atoms with E-state index in [2.05, 4.69) is 15.4 Å². The molecule has 1 fully saturated rings. The van der Waals surface area contributed by atoms with E-state index in [0.29, 0.717) is 24.7 Å². The van der Waals surface area contributed by atoms with Gasteiger partial charge < -0.3 is 5.32 Å². The second-order valence-electron chi connectivity index (χ2n) is 4.70. The molecule has 0 spiro atoms. The van der Waals surface area contributed by atoms with E-state index in [9.17, 15) is 4.39 Å². The first-order chi connectivity index (χ1) is 9.24. The van der Waals surface area contributed by atoms with Crippen LogP contribution in [0.5, 0.6) is 0 Å². The van der Waals surface area contributed by atoms with Crippen LogP contribution in [0.1, 0.15) is 24.2 Å². The molecule has 4 nitrogen and oxygen atoms in total. The maximum atomic E-state index is 13.8. The molecule has 0 amide bonds. The Hall–Kier alpha value is -1.46. The fraction of sp³-hybridized carbons (Fsp3) is 0.385. The minimum absolute atomic E-state index is 0.135. The van der Waals surface area contributed by atoms with Crippen LogP contribution in [0.25, 0.3) is 0 Å². The summed E-state index contributed by atoms with van der Waals surface area (Å²) in [6, 6.07) is 5.59. The minimum atomic E-state index is -0.388. The predicted molar refractivity (Wildman–Crippen MR) is 70.4 cm³/mol. The molecule has 6 heteroatoms. The van der Waals surface area contributed by atoms with Gasteiger partial charge in [-0.05, 0) is 18.9 Å². The summed E-state index contributed by atoms with van der Waals surface area (Å²) < 4.78 is 15.5. The predicted octanol–water partition coefficient (Wildman–Crippen LogP) is 2.37. The average molecular weight is 281 g/mol. The summed E-state index contributed by atoms with van der Waals surface area (Å²) in [4.78, 5) is 4.20. The molecular formula is C13H14ClFN4. The molecule has 0 bridgehead atoms. The summed E-state index contributed by atoms with van der Waals surface area (Å²) in [5.74, 6) is 0.423. The van der Waals surface area contributed by atoms with Gasteiger partial charge in [0.15, 0.2) is 0 Å². The Balaban J connectivity index is 1.75. The number of hydrogen-bond donors (Lipinski definition) is 1. The maximum Gasteiger partial charge on any atom is 0.146 e. The van der Waals surface area contributed by atoms with Crippen molar-refractivity contribution in [3.05, 3.63) is 46.8 Å². The van der Waals surface area contributed by atoms with Crippen LogP contribution in [0.15, 0.2) is 24.5 Å². The Bertz CT molecular complexity index is 580. The van der Waals surface area contributed by atoms with E-state index in [-0.39, 0.29) is 10.8 Å². The molecule has 2 aromatic rings. The van der Waals surface area contributed by atoms with Gasteiger partial charge >= 0.3 is 0 Å². The largest absolute Gasteiger partial charge is 0.307 e. The second kappa shape index (κ2) is 5.27. The van der Waals surface area contributed by atoms with Gasteiger partial charge in [-0.2, -0.15) is 5.10 Å². The molecule has 0 aliphatic heterocycles. The Morgan fingerprint density at radius 2 is 2.26 bits per heavy atom. The van der Waals surface area contributed by atoms with E-state index in [1.54, 1.807) is 16.8 Å².